The summed E-state index contributed by atoms with van der Waals surface area (Å²) in [5.74, 6) is -0.288. The largest absolute Gasteiger partial charge is 0.321 e. The summed E-state index contributed by atoms with van der Waals surface area (Å²) in [4.78, 5) is 15.9. The summed E-state index contributed by atoms with van der Waals surface area (Å²) >= 11 is 0. The Kier molecular flexibility index (Phi) is 4.54. The lowest BCUT2D eigenvalue weighted by Gasteiger charge is -2.07. The first-order valence-corrected chi connectivity index (χ1v) is 7.97. The zero-order valence-electron chi connectivity index (χ0n) is 11.4. The fraction of sp³-hybridized carbons (Fsp3) is 0.143. The van der Waals surface area contributed by atoms with Crippen LogP contribution < -0.4 is 10.0 Å². The number of carbonyl (C=O) groups is 1. The topological polar surface area (TPSA) is 88.2 Å². The molecule has 2 aromatic rings. The molecule has 0 aliphatic rings. The van der Waals surface area contributed by atoms with E-state index in [1.165, 1.54) is 0 Å². The third kappa shape index (κ3) is 4.28. The Bertz CT molecular complexity index is 713. The molecule has 2 rings (SSSR count). The van der Waals surface area contributed by atoms with Gasteiger partial charge >= 0.3 is 0 Å². The van der Waals surface area contributed by atoms with Crippen molar-refractivity contribution >= 4 is 27.3 Å². The van der Waals surface area contributed by atoms with Gasteiger partial charge in [0.1, 0.15) is 0 Å². The molecule has 7 heteroatoms. The van der Waals surface area contributed by atoms with Gasteiger partial charge in [0.25, 0.3) is 5.91 Å². The van der Waals surface area contributed by atoms with Crippen molar-refractivity contribution in [1.82, 2.24) is 4.98 Å². The van der Waals surface area contributed by atoms with Crippen LogP contribution in [0.3, 0.4) is 0 Å². The molecule has 1 amide bonds. The third-order valence-corrected chi connectivity index (χ3v) is 4.03. The molecule has 0 radical (unpaired) electrons. The molecule has 0 saturated carbocycles. The number of sulfonamides is 1. The van der Waals surface area contributed by atoms with Crippen LogP contribution in [0.2, 0.25) is 0 Å². The molecule has 1 aromatic heterocycles. The number of pyridine rings is 1. The van der Waals surface area contributed by atoms with Crippen molar-refractivity contribution in [2.75, 3.05) is 15.8 Å². The SMILES string of the molecule is CCS(=O)(=O)Nc1ccc(C(=O)Nc2cccnc2)cc1. The van der Waals surface area contributed by atoms with Gasteiger partial charge in [-0.3, -0.25) is 14.5 Å². The minimum atomic E-state index is -3.31. The van der Waals surface area contributed by atoms with E-state index >= 15 is 0 Å². The van der Waals surface area contributed by atoms with E-state index in [-0.39, 0.29) is 11.7 Å². The number of aromatic nitrogens is 1. The van der Waals surface area contributed by atoms with Crippen molar-refractivity contribution < 1.29 is 13.2 Å². The zero-order chi connectivity index (χ0) is 15.3. The van der Waals surface area contributed by atoms with Gasteiger partial charge in [0.2, 0.25) is 10.0 Å². The second kappa shape index (κ2) is 6.36. The number of rotatable bonds is 5. The van der Waals surface area contributed by atoms with E-state index in [2.05, 4.69) is 15.0 Å². The molecular weight excluding hydrogens is 290 g/mol. The molecule has 21 heavy (non-hydrogen) atoms. The standard InChI is InChI=1S/C14H15N3O3S/c1-2-21(19,20)17-12-7-5-11(6-8-12)14(18)16-13-4-3-9-15-10-13/h3-10,17H,2H2,1H3,(H,16,18). The predicted molar refractivity (Wildman–Crippen MR) is 81.7 cm³/mol. The molecule has 0 aliphatic carbocycles. The van der Waals surface area contributed by atoms with E-state index in [0.29, 0.717) is 16.9 Å². The fourth-order valence-electron chi connectivity index (χ4n) is 1.58. The lowest BCUT2D eigenvalue weighted by Crippen LogP contribution is -2.15. The van der Waals surface area contributed by atoms with Crippen molar-refractivity contribution in [3.63, 3.8) is 0 Å². The first-order valence-electron chi connectivity index (χ1n) is 6.32. The number of nitrogens with zero attached hydrogens (tertiary/aromatic N) is 1. The molecule has 1 aromatic carbocycles. The highest BCUT2D eigenvalue weighted by molar-refractivity contribution is 7.92. The van der Waals surface area contributed by atoms with E-state index in [1.807, 2.05) is 0 Å². The summed E-state index contributed by atoms with van der Waals surface area (Å²) < 4.78 is 25.3. The van der Waals surface area contributed by atoms with E-state index in [4.69, 9.17) is 0 Å². The number of amides is 1. The quantitative estimate of drug-likeness (QED) is 0.885. The summed E-state index contributed by atoms with van der Waals surface area (Å²) in [6.07, 6.45) is 3.16. The summed E-state index contributed by atoms with van der Waals surface area (Å²) in [5.41, 5.74) is 1.45. The maximum atomic E-state index is 12.0. The van der Waals surface area contributed by atoms with Crippen molar-refractivity contribution in [2.24, 2.45) is 0 Å². The Morgan fingerprint density at radius 2 is 1.86 bits per heavy atom. The first-order chi connectivity index (χ1) is 10.00. The van der Waals surface area contributed by atoms with E-state index in [9.17, 15) is 13.2 Å². The second-order valence-electron chi connectivity index (χ2n) is 4.28. The zero-order valence-corrected chi connectivity index (χ0v) is 12.2. The van der Waals surface area contributed by atoms with Crippen LogP contribution in [0, 0.1) is 0 Å². The second-order valence-corrected chi connectivity index (χ2v) is 6.29. The van der Waals surface area contributed by atoms with Crippen LogP contribution in [0.4, 0.5) is 11.4 Å². The Hall–Kier alpha value is -2.41. The number of nitrogens with one attached hydrogen (secondary N) is 2. The van der Waals surface area contributed by atoms with Gasteiger partial charge in [0, 0.05) is 17.4 Å². The van der Waals surface area contributed by atoms with Gasteiger partial charge in [0.05, 0.1) is 17.6 Å². The molecule has 6 nitrogen and oxygen atoms in total. The highest BCUT2D eigenvalue weighted by Crippen LogP contribution is 2.13. The summed E-state index contributed by atoms with van der Waals surface area (Å²) in [5, 5.41) is 2.70. The van der Waals surface area contributed by atoms with Gasteiger partial charge in [-0.2, -0.15) is 0 Å². The van der Waals surface area contributed by atoms with Crippen LogP contribution in [0.25, 0.3) is 0 Å². The fourth-order valence-corrected chi connectivity index (χ4v) is 2.22. The lowest BCUT2D eigenvalue weighted by atomic mass is 10.2. The number of carbonyl (C=O) groups excluding carboxylic acids is 1. The molecule has 0 spiro atoms. The van der Waals surface area contributed by atoms with Crippen LogP contribution >= 0.6 is 0 Å². The molecule has 0 fully saturated rings. The minimum absolute atomic E-state index is 0.00373. The average Bonchev–Trinajstić information content (AvgIpc) is 2.48. The Labute approximate surface area is 123 Å². The van der Waals surface area contributed by atoms with Crippen LogP contribution in [-0.4, -0.2) is 25.1 Å². The van der Waals surface area contributed by atoms with Gasteiger partial charge in [-0.15, -0.1) is 0 Å². The van der Waals surface area contributed by atoms with Gasteiger partial charge < -0.3 is 5.32 Å². The number of hydrogen-bond donors (Lipinski definition) is 2. The molecular formula is C14H15N3O3S. The van der Waals surface area contributed by atoms with Crippen molar-refractivity contribution in [2.45, 2.75) is 6.92 Å². The molecule has 0 atom stereocenters. The van der Waals surface area contributed by atoms with Crippen LogP contribution in [-0.2, 0) is 10.0 Å². The minimum Gasteiger partial charge on any atom is -0.321 e. The summed E-state index contributed by atoms with van der Waals surface area (Å²) in [7, 11) is -3.31. The molecule has 1 heterocycles. The molecule has 0 unspecified atom stereocenters. The lowest BCUT2D eigenvalue weighted by molar-refractivity contribution is 0.102. The molecule has 110 valence electrons. The number of benzene rings is 1. The Morgan fingerprint density at radius 3 is 2.43 bits per heavy atom. The third-order valence-electron chi connectivity index (χ3n) is 2.72. The van der Waals surface area contributed by atoms with Crippen molar-refractivity contribution in [3.8, 4) is 0 Å². The van der Waals surface area contributed by atoms with Crippen molar-refractivity contribution in [1.29, 1.82) is 0 Å². The molecule has 0 bridgehead atoms. The van der Waals surface area contributed by atoms with Gasteiger partial charge in [0.15, 0.2) is 0 Å². The number of anilines is 2. The Balaban J connectivity index is 2.07. The van der Waals surface area contributed by atoms with Crippen LogP contribution in [0.15, 0.2) is 48.8 Å². The van der Waals surface area contributed by atoms with E-state index in [1.54, 1.807) is 55.7 Å². The predicted octanol–water partition coefficient (Wildman–Crippen LogP) is 2.10. The average molecular weight is 305 g/mol. The molecule has 0 saturated heterocycles. The highest BCUT2D eigenvalue weighted by atomic mass is 32.2. The van der Waals surface area contributed by atoms with Gasteiger partial charge in [-0.1, -0.05) is 0 Å². The summed E-state index contributed by atoms with van der Waals surface area (Å²) in [6.45, 7) is 1.55. The molecule has 2 N–H and O–H groups in total. The smallest absolute Gasteiger partial charge is 0.255 e. The highest BCUT2D eigenvalue weighted by Gasteiger charge is 2.09. The van der Waals surface area contributed by atoms with E-state index < -0.39 is 10.0 Å². The Morgan fingerprint density at radius 1 is 1.14 bits per heavy atom. The number of hydrogen-bond acceptors (Lipinski definition) is 4. The normalized spacial score (nSPS) is 10.9. The van der Waals surface area contributed by atoms with Crippen LogP contribution in [0.1, 0.15) is 17.3 Å². The van der Waals surface area contributed by atoms with Crippen molar-refractivity contribution in [3.05, 3.63) is 54.4 Å². The monoisotopic (exact) mass is 305 g/mol. The van der Waals surface area contributed by atoms with Gasteiger partial charge in [-0.25, -0.2) is 8.42 Å². The summed E-state index contributed by atoms with van der Waals surface area (Å²) in [6, 6.07) is 9.65. The maximum Gasteiger partial charge on any atom is 0.255 e. The first kappa shape index (κ1) is 15.0. The van der Waals surface area contributed by atoms with Gasteiger partial charge in [-0.05, 0) is 43.3 Å². The van der Waals surface area contributed by atoms with Crippen LogP contribution in [0.5, 0.6) is 0 Å². The van der Waals surface area contributed by atoms with E-state index in [0.717, 1.165) is 0 Å². The maximum absolute atomic E-state index is 12.0. The molecule has 0 aliphatic heterocycles.